The minimum atomic E-state index is 0.0577. The lowest BCUT2D eigenvalue weighted by molar-refractivity contribution is -0.115. The Balaban J connectivity index is 1.82. The molecule has 1 aromatic carbocycles. The van der Waals surface area contributed by atoms with Crippen LogP contribution in [0.4, 0.5) is 17.1 Å². The van der Waals surface area contributed by atoms with Crippen molar-refractivity contribution >= 4 is 23.0 Å². The highest BCUT2D eigenvalue weighted by atomic mass is 16.1. The SMILES string of the molecule is CCN1CCN(c2cc3c(cc2N)CC(=O)N3)CC1. The van der Waals surface area contributed by atoms with Crippen LogP contribution in [0.5, 0.6) is 0 Å². The molecule has 1 amide bonds. The van der Waals surface area contributed by atoms with Gasteiger partial charge in [0.05, 0.1) is 17.8 Å². The van der Waals surface area contributed by atoms with E-state index >= 15 is 0 Å². The normalized spacial score (nSPS) is 19.4. The van der Waals surface area contributed by atoms with Crippen LogP contribution in [0.2, 0.25) is 0 Å². The zero-order chi connectivity index (χ0) is 13.4. The van der Waals surface area contributed by atoms with Crippen molar-refractivity contribution in [1.29, 1.82) is 0 Å². The van der Waals surface area contributed by atoms with Crippen LogP contribution in [0, 0.1) is 0 Å². The number of hydrogen-bond acceptors (Lipinski definition) is 4. The first-order chi connectivity index (χ1) is 9.17. The van der Waals surface area contributed by atoms with Crippen molar-refractivity contribution in [3.05, 3.63) is 17.7 Å². The lowest BCUT2D eigenvalue weighted by Gasteiger charge is -2.36. The van der Waals surface area contributed by atoms with Crippen molar-refractivity contribution in [2.75, 3.05) is 48.7 Å². The lowest BCUT2D eigenvalue weighted by atomic mass is 10.1. The summed E-state index contributed by atoms with van der Waals surface area (Å²) in [5.74, 6) is 0.0577. The first kappa shape index (κ1) is 12.3. The number of nitrogens with one attached hydrogen (secondary N) is 1. The van der Waals surface area contributed by atoms with Gasteiger partial charge in [-0.15, -0.1) is 0 Å². The van der Waals surface area contributed by atoms with Gasteiger partial charge in [0, 0.05) is 31.9 Å². The Morgan fingerprint density at radius 1 is 1.26 bits per heavy atom. The van der Waals surface area contributed by atoms with Crippen LogP contribution in [-0.4, -0.2) is 43.5 Å². The molecule has 2 aliphatic heterocycles. The van der Waals surface area contributed by atoms with E-state index in [0.717, 1.165) is 55.3 Å². The summed E-state index contributed by atoms with van der Waals surface area (Å²) >= 11 is 0. The van der Waals surface area contributed by atoms with Gasteiger partial charge in [0.15, 0.2) is 0 Å². The molecule has 0 aromatic heterocycles. The van der Waals surface area contributed by atoms with Crippen molar-refractivity contribution in [3.8, 4) is 0 Å². The van der Waals surface area contributed by atoms with Gasteiger partial charge in [-0.05, 0) is 24.2 Å². The maximum absolute atomic E-state index is 11.4. The van der Waals surface area contributed by atoms with E-state index in [-0.39, 0.29) is 5.91 Å². The number of likely N-dealkylation sites (N-methyl/N-ethyl adjacent to an activating group) is 1. The lowest BCUT2D eigenvalue weighted by Crippen LogP contribution is -2.46. The molecule has 5 nitrogen and oxygen atoms in total. The van der Waals surface area contributed by atoms with Crippen molar-refractivity contribution in [3.63, 3.8) is 0 Å². The largest absolute Gasteiger partial charge is 0.397 e. The molecule has 1 fully saturated rings. The van der Waals surface area contributed by atoms with Gasteiger partial charge >= 0.3 is 0 Å². The number of rotatable bonds is 2. The zero-order valence-electron chi connectivity index (χ0n) is 11.3. The molecule has 2 heterocycles. The van der Waals surface area contributed by atoms with Crippen LogP contribution in [-0.2, 0) is 11.2 Å². The molecule has 5 heteroatoms. The zero-order valence-corrected chi connectivity index (χ0v) is 11.3. The van der Waals surface area contributed by atoms with Gasteiger partial charge in [-0.25, -0.2) is 0 Å². The standard InChI is InChI=1S/C14H20N4O/c1-2-17-3-5-18(6-4-17)13-9-12-10(7-11(13)15)8-14(19)16-12/h7,9H,2-6,8,15H2,1H3,(H,16,19). The van der Waals surface area contributed by atoms with E-state index in [4.69, 9.17) is 5.73 Å². The first-order valence-electron chi connectivity index (χ1n) is 6.87. The number of benzene rings is 1. The summed E-state index contributed by atoms with van der Waals surface area (Å²) in [4.78, 5) is 16.2. The van der Waals surface area contributed by atoms with Gasteiger partial charge in [0.25, 0.3) is 0 Å². The molecule has 19 heavy (non-hydrogen) atoms. The summed E-state index contributed by atoms with van der Waals surface area (Å²) in [5.41, 5.74) is 9.91. The molecule has 102 valence electrons. The van der Waals surface area contributed by atoms with Crippen molar-refractivity contribution in [2.45, 2.75) is 13.3 Å². The van der Waals surface area contributed by atoms with Crippen LogP contribution in [0.1, 0.15) is 12.5 Å². The number of piperazine rings is 1. The number of anilines is 3. The Kier molecular flexibility index (Phi) is 3.06. The molecule has 3 N–H and O–H groups in total. The molecule has 0 bridgehead atoms. The number of nitrogens with two attached hydrogens (primary N) is 1. The molecular weight excluding hydrogens is 240 g/mol. The Bertz CT molecular complexity index is 506. The summed E-state index contributed by atoms with van der Waals surface area (Å²) in [6.45, 7) is 7.41. The number of fused-ring (bicyclic) bond motifs is 1. The molecule has 3 rings (SSSR count). The average Bonchev–Trinajstić information content (AvgIpc) is 2.77. The number of carbonyl (C=O) groups is 1. The summed E-state index contributed by atoms with van der Waals surface area (Å²) < 4.78 is 0. The minimum Gasteiger partial charge on any atom is -0.397 e. The average molecular weight is 260 g/mol. The maximum Gasteiger partial charge on any atom is 0.228 e. The monoisotopic (exact) mass is 260 g/mol. The molecule has 0 aliphatic carbocycles. The fourth-order valence-corrected chi connectivity index (χ4v) is 2.86. The fraction of sp³-hybridized carbons (Fsp3) is 0.500. The Morgan fingerprint density at radius 3 is 2.68 bits per heavy atom. The number of nitrogen functional groups attached to an aromatic ring is 1. The molecule has 1 aromatic rings. The van der Waals surface area contributed by atoms with Gasteiger partial charge < -0.3 is 20.9 Å². The van der Waals surface area contributed by atoms with Crippen LogP contribution >= 0.6 is 0 Å². The number of hydrogen-bond donors (Lipinski definition) is 2. The Labute approximate surface area is 113 Å². The molecule has 2 aliphatic rings. The maximum atomic E-state index is 11.4. The molecule has 0 saturated carbocycles. The van der Waals surface area contributed by atoms with Gasteiger partial charge in [0.1, 0.15) is 0 Å². The predicted molar refractivity (Wildman–Crippen MR) is 77.5 cm³/mol. The quantitative estimate of drug-likeness (QED) is 0.776. The van der Waals surface area contributed by atoms with E-state index in [1.165, 1.54) is 0 Å². The molecule has 0 spiro atoms. The highest BCUT2D eigenvalue weighted by Gasteiger charge is 2.23. The molecule has 1 saturated heterocycles. The fourth-order valence-electron chi connectivity index (χ4n) is 2.86. The molecule has 0 unspecified atom stereocenters. The number of nitrogens with zero attached hydrogens (tertiary/aromatic N) is 2. The summed E-state index contributed by atoms with van der Waals surface area (Å²) in [5, 5.41) is 2.89. The van der Waals surface area contributed by atoms with E-state index in [1.807, 2.05) is 12.1 Å². The summed E-state index contributed by atoms with van der Waals surface area (Å²) in [6, 6.07) is 3.96. The second-order valence-electron chi connectivity index (χ2n) is 5.21. The van der Waals surface area contributed by atoms with E-state index in [2.05, 4.69) is 22.0 Å². The van der Waals surface area contributed by atoms with Gasteiger partial charge in [-0.3, -0.25) is 4.79 Å². The first-order valence-corrected chi connectivity index (χ1v) is 6.87. The van der Waals surface area contributed by atoms with Crippen molar-refractivity contribution in [1.82, 2.24) is 4.90 Å². The van der Waals surface area contributed by atoms with E-state index in [1.54, 1.807) is 0 Å². The van der Waals surface area contributed by atoms with Gasteiger partial charge in [-0.2, -0.15) is 0 Å². The highest BCUT2D eigenvalue weighted by Crippen LogP contribution is 2.34. The van der Waals surface area contributed by atoms with E-state index in [9.17, 15) is 4.79 Å². The van der Waals surface area contributed by atoms with Crippen molar-refractivity contribution < 1.29 is 4.79 Å². The minimum absolute atomic E-state index is 0.0577. The number of carbonyl (C=O) groups excluding carboxylic acids is 1. The topological polar surface area (TPSA) is 61.6 Å². The van der Waals surface area contributed by atoms with E-state index < -0.39 is 0 Å². The second-order valence-corrected chi connectivity index (χ2v) is 5.21. The number of amides is 1. The highest BCUT2D eigenvalue weighted by molar-refractivity contribution is 6.00. The molecule has 0 radical (unpaired) electrons. The third-order valence-corrected chi connectivity index (χ3v) is 4.04. The molecule has 0 atom stereocenters. The summed E-state index contributed by atoms with van der Waals surface area (Å²) in [6.07, 6.45) is 0.448. The Morgan fingerprint density at radius 2 is 2.00 bits per heavy atom. The van der Waals surface area contributed by atoms with Crippen molar-refractivity contribution in [2.24, 2.45) is 0 Å². The second kappa shape index (κ2) is 4.74. The third kappa shape index (κ3) is 2.26. The Hall–Kier alpha value is -1.75. The van der Waals surface area contributed by atoms with Crippen LogP contribution in [0.15, 0.2) is 12.1 Å². The predicted octanol–water partition coefficient (Wildman–Crippen LogP) is 0.905. The van der Waals surface area contributed by atoms with Gasteiger partial charge in [0.2, 0.25) is 5.91 Å². The van der Waals surface area contributed by atoms with E-state index in [0.29, 0.717) is 6.42 Å². The summed E-state index contributed by atoms with van der Waals surface area (Å²) in [7, 11) is 0. The smallest absolute Gasteiger partial charge is 0.228 e. The van der Waals surface area contributed by atoms with Gasteiger partial charge in [-0.1, -0.05) is 6.92 Å². The van der Waals surface area contributed by atoms with Crippen LogP contribution in [0.3, 0.4) is 0 Å². The molecular formula is C14H20N4O. The third-order valence-electron chi connectivity index (χ3n) is 4.04. The van der Waals surface area contributed by atoms with Crippen LogP contribution in [0.25, 0.3) is 0 Å². The van der Waals surface area contributed by atoms with Crippen LogP contribution < -0.4 is 16.0 Å².